The van der Waals surface area contributed by atoms with Crippen molar-refractivity contribution in [2.75, 3.05) is 11.9 Å². The Morgan fingerprint density at radius 2 is 1.00 bits per heavy atom. The number of fused-ring (bicyclic) bond motifs is 14. The zero-order valence-electron chi connectivity index (χ0n) is 34.8. The van der Waals surface area contributed by atoms with Gasteiger partial charge in [-0.15, -0.1) is 0 Å². The second-order valence-corrected chi connectivity index (χ2v) is 15.5. The largest absolute Gasteiger partial charge is 0.456 e. The van der Waals surface area contributed by atoms with Gasteiger partial charge in [-0.2, -0.15) is 0 Å². The van der Waals surface area contributed by atoms with Crippen LogP contribution in [0.25, 0.3) is 66.1 Å². The minimum Gasteiger partial charge on any atom is -0.456 e. The number of nitrogens with zero attached hydrogens (tertiary/aromatic N) is 2. The number of furan rings is 1. The van der Waals surface area contributed by atoms with Crippen molar-refractivity contribution in [3.63, 3.8) is 0 Å². The molecule has 0 aliphatic heterocycles. The molecule has 0 atom stereocenters. The molecule has 9 aromatic carbocycles. The van der Waals surface area contributed by atoms with Gasteiger partial charge < -0.3 is 15.1 Å². The van der Waals surface area contributed by atoms with E-state index in [1.54, 1.807) is 6.20 Å². The van der Waals surface area contributed by atoms with Crippen LogP contribution in [0.15, 0.2) is 222 Å². The highest BCUT2D eigenvalue weighted by molar-refractivity contribution is 6.07. The third kappa shape index (κ3) is 6.07. The summed E-state index contributed by atoms with van der Waals surface area (Å²) in [7, 11) is 1.50. The summed E-state index contributed by atoms with van der Waals surface area (Å²) in [6.45, 7) is 5.11. The summed E-state index contributed by atoms with van der Waals surface area (Å²) in [5.74, 6) is 0. The van der Waals surface area contributed by atoms with Crippen molar-refractivity contribution < 1.29 is 4.42 Å². The molecule has 0 unspecified atom stereocenters. The number of nitrogens with two attached hydrogens (primary N) is 1. The molecule has 12 rings (SSSR count). The number of hydrogen-bond donors (Lipinski definition) is 1. The fraction of sp³-hybridized carbons (Fsp3) is 0.0517. The maximum Gasteiger partial charge on any atom is 0.135 e. The molecule has 1 aromatic heterocycles. The molecular formula is C58H45N3O. The van der Waals surface area contributed by atoms with Crippen LogP contribution in [0.1, 0.15) is 29.2 Å². The summed E-state index contributed by atoms with van der Waals surface area (Å²) in [6.07, 6.45) is 3.47. The highest BCUT2D eigenvalue weighted by Crippen LogP contribution is 2.63. The molecule has 1 spiro atoms. The first-order valence-corrected chi connectivity index (χ1v) is 21.1. The molecule has 0 saturated carbocycles. The Balaban J connectivity index is 0.000000614. The van der Waals surface area contributed by atoms with E-state index in [0.29, 0.717) is 0 Å². The first kappa shape index (κ1) is 38.4. The van der Waals surface area contributed by atoms with Crippen LogP contribution in [-0.4, -0.2) is 13.8 Å². The van der Waals surface area contributed by atoms with Gasteiger partial charge in [0.1, 0.15) is 11.2 Å². The number of para-hydroxylation sites is 1. The Morgan fingerprint density at radius 1 is 0.468 bits per heavy atom. The van der Waals surface area contributed by atoms with Crippen LogP contribution >= 0.6 is 0 Å². The molecule has 0 saturated heterocycles. The van der Waals surface area contributed by atoms with Crippen molar-refractivity contribution in [1.29, 1.82) is 0 Å². The molecule has 0 radical (unpaired) electrons. The van der Waals surface area contributed by atoms with Gasteiger partial charge in [0.25, 0.3) is 0 Å². The molecule has 4 heteroatoms. The van der Waals surface area contributed by atoms with Crippen LogP contribution in [0.5, 0.6) is 0 Å². The lowest BCUT2D eigenvalue weighted by molar-refractivity contribution is 0.669. The lowest BCUT2D eigenvalue weighted by atomic mass is 9.70. The summed E-state index contributed by atoms with van der Waals surface area (Å²) < 4.78 is 6.29. The number of allylic oxidation sites excluding steroid dienone is 1. The Kier molecular flexibility index (Phi) is 9.91. The molecule has 1 heterocycles. The van der Waals surface area contributed by atoms with E-state index in [0.717, 1.165) is 39.0 Å². The van der Waals surface area contributed by atoms with Crippen molar-refractivity contribution in [3.8, 4) is 33.4 Å². The highest BCUT2D eigenvalue weighted by atomic mass is 16.3. The maximum absolute atomic E-state index is 6.29. The van der Waals surface area contributed by atoms with Crippen molar-refractivity contribution in [2.45, 2.75) is 12.3 Å². The van der Waals surface area contributed by atoms with E-state index >= 15 is 0 Å². The molecule has 2 N–H and O–H groups in total. The summed E-state index contributed by atoms with van der Waals surface area (Å²) in [6, 6.07) is 73.4. The van der Waals surface area contributed by atoms with Crippen LogP contribution in [-0.2, 0) is 5.41 Å². The molecule has 2 aliphatic carbocycles. The number of aliphatic imine (C=N–C) groups is 1. The molecule has 10 aromatic rings. The van der Waals surface area contributed by atoms with Gasteiger partial charge in [0, 0.05) is 34.0 Å². The lowest BCUT2D eigenvalue weighted by Gasteiger charge is -2.31. The predicted molar refractivity (Wildman–Crippen MR) is 262 cm³/mol. The van der Waals surface area contributed by atoms with Crippen LogP contribution in [0.3, 0.4) is 0 Å². The third-order valence-corrected chi connectivity index (χ3v) is 12.3. The van der Waals surface area contributed by atoms with Crippen LogP contribution in [0.4, 0.5) is 17.1 Å². The van der Waals surface area contributed by atoms with Gasteiger partial charge in [-0.3, -0.25) is 4.99 Å². The molecule has 2 aliphatic rings. The van der Waals surface area contributed by atoms with Crippen molar-refractivity contribution >= 4 is 56.5 Å². The third-order valence-electron chi connectivity index (χ3n) is 12.3. The van der Waals surface area contributed by atoms with Gasteiger partial charge >= 0.3 is 0 Å². The predicted octanol–water partition coefficient (Wildman–Crippen LogP) is 15.0. The minimum atomic E-state index is -0.419. The summed E-state index contributed by atoms with van der Waals surface area (Å²) in [5.41, 5.74) is 22.1. The SMILES string of the molecule is C=N/C=C\C.CN.c1ccc(-c2ccc(N(c3ccc4c(c3)-c3cc5ccccc5cc3C43c4ccccc4-c4ccccc43)c3ccc4oc5ccccc5c4c3)cc2)cc1. The highest BCUT2D eigenvalue weighted by Gasteiger charge is 2.51. The average Bonchev–Trinajstić information content (AvgIpc) is 3.96. The Bertz CT molecular complexity index is 3260. The van der Waals surface area contributed by atoms with E-state index in [4.69, 9.17) is 4.42 Å². The molecule has 0 amide bonds. The molecule has 0 fully saturated rings. The molecule has 0 bridgehead atoms. The number of benzene rings is 9. The van der Waals surface area contributed by atoms with Gasteiger partial charge in [0.15, 0.2) is 0 Å². The number of hydrogen-bond acceptors (Lipinski definition) is 4. The number of rotatable bonds is 5. The van der Waals surface area contributed by atoms with E-state index in [-0.39, 0.29) is 0 Å². The molecular weight excluding hydrogens is 755 g/mol. The van der Waals surface area contributed by atoms with Gasteiger partial charge in [-0.25, -0.2) is 0 Å². The number of anilines is 3. The first-order valence-electron chi connectivity index (χ1n) is 21.1. The van der Waals surface area contributed by atoms with E-state index in [1.807, 2.05) is 25.1 Å². The summed E-state index contributed by atoms with van der Waals surface area (Å²) >= 11 is 0. The smallest absolute Gasteiger partial charge is 0.135 e. The van der Waals surface area contributed by atoms with Gasteiger partial charge in [-0.05, 0) is 148 Å². The van der Waals surface area contributed by atoms with Crippen LogP contribution < -0.4 is 10.6 Å². The quantitative estimate of drug-likeness (QED) is 0.176. The standard InChI is InChI=1S/C53H33NO.C4H7N.CH5N/c1-2-12-34(13-3-1)35-22-24-38(25-23-35)54(40-27-29-52-46(33-40)43-18-8-11-21-51(43)55-52)39-26-28-49-45(32-39)44-30-36-14-4-5-15-37(36)31-50(44)53(49)47-19-9-6-16-41(47)42-17-7-10-20-48(42)53;1-3-4-5-2;1-2/h1-33H;3-4H,2H2,1H3;2H2,1H3/b;4-3-;. The monoisotopic (exact) mass is 799 g/mol. The average molecular weight is 800 g/mol. The van der Waals surface area contributed by atoms with E-state index in [2.05, 4.69) is 210 Å². The first-order chi connectivity index (χ1) is 30.7. The molecule has 298 valence electrons. The summed E-state index contributed by atoms with van der Waals surface area (Å²) in [4.78, 5) is 5.82. The summed E-state index contributed by atoms with van der Waals surface area (Å²) in [5, 5.41) is 4.74. The van der Waals surface area contributed by atoms with Gasteiger partial charge in [0.2, 0.25) is 0 Å². The van der Waals surface area contributed by atoms with Crippen molar-refractivity contribution in [1.82, 2.24) is 0 Å². The van der Waals surface area contributed by atoms with Gasteiger partial charge in [0.05, 0.1) is 5.41 Å². The molecule has 4 nitrogen and oxygen atoms in total. The van der Waals surface area contributed by atoms with Crippen molar-refractivity contribution in [2.24, 2.45) is 10.7 Å². The second kappa shape index (κ2) is 16.0. The topological polar surface area (TPSA) is 54.8 Å². The van der Waals surface area contributed by atoms with Gasteiger partial charge in [-0.1, -0.05) is 146 Å². The Hall–Kier alpha value is -7.79. The van der Waals surface area contributed by atoms with E-state index in [1.165, 1.54) is 73.5 Å². The Morgan fingerprint density at radius 3 is 1.69 bits per heavy atom. The second-order valence-electron chi connectivity index (χ2n) is 15.5. The van der Waals surface area contributed by atoms with E-state index < -0.39 is 5.41 Å². The fourth-order valence-corrected chi connectivity index (χ4v) is 9.79. The maximum atomic E-state index is 6.29. The zero-order valence-corrected chi connectivity index (χ0v) is 34.8. The zero-order chi connectivity index (χ0) is 42.2. The lowest BCUT2D eigenvalue weighted by Crippen LogP contribution is -2.25. The van der Waals surface area contributed by atoms with Crippen LogP contribution in [0.2, 0.25) is 0 Å². The molecule has 62 heavy (non-hydrogen) atoms. The fourth-order valence-electron chi connectivity index (χ4n) is 9.79. The van der Waals surface area contributed by atoms with E-state index in [9.17, 15) is 0 Å². The van der Waals surface area contributed by atoms with Crippen molar-refractivity contribution in [3.05, 3.63) is 235 Å². The minimum absolute atomic E-state index is 0.419. The normalized spacial score (nSPS) is 12.6. The Labute approximate surface area is 362 Å². The van der Waals surface area contributed by atoms with Crippen LogP contribution in [0, 0.1) is 0 Å².